The second kappa shape index (κ2) is 3.97. The highest BCUT2D eigenvalue weighted by Crippen LogP contribution is 2.18. The average Bonchev–Trinajstić information content (AvgIpc) is 2.07. The van der Waals surface area contributed by atoms with E-state index < -0.39 is 5.97 Å². The van der Waals surface area contributed by atoms with Crippen molar-refractivity contribution in [2.24, 2.45) is 0 Å². The molecule has 0 unspecified atom stereocenters. The van der Waals surface area contributed by atoms with Gasteiger partial charge in [-0.2, -0.15) is 0 Å². The van der Waals surface area contributed by atoms with Gasteiger partial charge in [-0.25, -0.2) is 9.80 Å². The Labute approximate surface area is 82.1 Å². The van der Waals surface area contributed by atoms with E-state index in [9.17, 15) is 4.79 Å². The summed E-state index contributed by atoms with van der Waals surface area (Å²) in [6.07, 6.45) is 0. The highest BCUT2D eigenvalue weighted by Gasteiger charge is 2.10. The number of hydrogen-bond acceptors (Lipinski definition) is 4. The largest absolute Gasteiger partial charge is 0.478 e. The first-order valence-corrected chi connectivity index (χ1v) is 4.07. The summed E-state index contributed by atoms with van der Waals surface area (Å²) in [4.78, 5) is 10.8. The van der Waals surface area contributed by atoms with Gasteiger partial charge >= 0.3 is 5.97 Å². The van der Waals surface area contributed by atoms with Crippen molar-refractivity contribution in [3.63, 3.8) is 0 Å². The van der Waals surface area contributed by atoms with Crippen LogP contribution in [0.5, 0.6) is 0 Å². The first-order valence-electron chi connectivity index (χ1n) is 4.07. The number of hydrazine groups is 1. The molecule has 0 atom stereocenters. The van der Waals surface area contributed by atoms with Gasteiger partial charge in [0, 0.05) is 19.8 Å². The summed E-state index contributed by atoms with van der Waals surface area (Å²) >= 11 is 0. The molecular formula is C9H13N3O2. The number of nitrogens with two attached hydrogens (primary N) is 1. The van der Waals surface area contributed by atoms with Gasteiger partial charge in [-0.1, -0.05) is 0 Å². The Morgan fingerprint density at radius 1 is 1.50 bits per heavy atom. The van der Waals surface area contributed by atoms with E-state index in [1.807, 2.05) is 0 Å². The number of anilines is 2. The number of hydrogen-bond donors (Lipinski definition) is 3. The molecule has 1 rings (SSSR count). The average molecular weight is 195 g/mol. The van der Waals surface area contributed by atoms with Gasteiger partial charge in [0.25, 0.3) is 0 Å². The van der Waals surface area contributed by atoms with Crippen LogP contribution < -0.4 is 11.2 Å². The number of carboxylic acid groups (broad SMARTS) is 1. The molecule has 0 heterocycles. The number of nitrogen functional groups attached to an aromatic ring is 1. The van der Waals surface area contributed by atoms with Gasteiger partial charge in [-0.3, -0.25) is 0 Å². The minimum absolute atomic E-state index is 0.165. The second-order valence-electron chi connectivity index (χ2n) is 3.12. The van der Waals surface area contributed by atoms with Crippen LogP contribution in [0.25, 0.3) is 0 Å². The predicted octanol–water partition coefficient (Wildman–Crippen LogP) is 0.856. The van der Waals surface area contributed by atoms with Gasteiger partial charge in [0.1, 0.15) is 0 Å². The highest BCUT2D eigenvalue weighted by atomic mass is 16.4. The smallest absolute Gasteiger partial charge is 0.337 e. The van der Waals surface area contributed by atoms with E-state index in [1.54, 1.807) is 31.2 Å². The van der Waals surface area contributed by atoms with Crippen molar-refractivity contribution in [3.8, 4) is 0 Å². The summed E-state index contributed by atoms with van der Waals surface area (Å²) < 4.78 is 0. The molecule has 0 saturated heterocycles. The zero-order valence-electron chi connectivity index (χ0n) is 8.11. The second-order valence-corrected chi connectivity index (χ2v) is 3.12. The van der Waals surface area contributed by atoms with E-state index in [1.165, 1.54) is 6.07 Å². The molecule has 0 radical (unpaired) electrons. The lowest BCUT2D eigenvalue weighted by Crippen LogP contribution is -2.21. The molecule has 14 heavy (non-hydrogen) atoms. The molecule has 0 spiro atoms. The Morgan fingerprint density at radius 2 is 2.14 bits per heavy atom. The molecule has 0 saturated carbocycles. The molecule has 0 aliphatic rings. The van der Waals surface area contributed by atoms with Crippen LogP contribution in [0.2, 0.25) is 0 Å². The first-order chi connectivity index (χ1) is 6.50. The van der Waals surface area contributed by atoms with Crippen LogP contribution in [-0.4, -0.2) is 30.2 Å². The monoisotopic (exact) mass is 195 g/mol. The van der Waals surface area contributed by atoms with Crippen molar-refractivity contribution in [3.05, 3.63) is 23.8 Å². The van der Waals surface area contributed by atoms with Crippen LogP contribution in [0, 0.1) is 0 Å². The zero-order valence-corrected chi connectivity index (χ0v) is 8.11. The van der Waals surface area contributed by atoms with Crippen molar-refractivity contribution in [1.82, 2.24) is 5.01 Å². The number of benzene rings is 1. The summed E-state index contributed by atoms with van der Waals surface area (Å²) in [6.45, 7) is 0. The molecule has 0 aliphatic heterocycles. The summed E-state index contributed by atoms with van der Waals surface area (Å²) in [5, 5.41) is 10.6. The number of nitrogens with zero attached hydrogens (tertiary/aromatic N) is 1. The summed E-state index contributed by atoms with van der Waals surface area (Å²) in [5.41, 5.74) is 9.50. The number of rotatable bonds is 3. The number of nitrogens with one attached hydrogen (secondary N) is 1. The maximum absolute atomic E-state index is 10.8. The summed E-state index contributed by atoms with van der Waals surface area (Å²) in [5.74, 6) is -0.998. The molecule has 0 bridgehead atoms. The van der Waals surface area contributed by atoms with Crippen molar-refractivity contribution >= 4 is 17.3 Å². The highest BCUT2D eigenvalue weighted by molar-refractivity contribution is 5.95. The molecule has 0 aliphatic carbocycles. The normalized spacial score (nSPS) is 10.2. The lowest BCUT2D eigenvalue weighted by atomic mass is 10.1. The lowest BCUT2D eigenvalue weighted by molar-refractivity contribution is 0.0697. The van der Waals surface area contributed by atoms with E-state index >= 15 is 0 Å². The Kier molecular flexibility index (Phi) is 2.93. The van der Waals surface area contributed by atoms with Crippen molar-refractivity contribution < 1.29 is 9.90 Å². The molecule has 0 aromatic heterocycles. The van der Waals surface area contributed by atoms with E-state index in [-0.39, 0.29) is 5.56 Å². The van der Waals surface area contributed by atoms with Crippen LogP contribution in [0.3, 0.4) is 0 Å². The maximum atomic E-state index is 10.8. The quantitative estimate of drug-likeness (QED) is 0.492. The lowest BCUT2D eigenvalue weighted by Gasteiger charge is -2.15. The van der Waals surface area contributed by atoms with Crippen molar-refractivity contribution in [2.75, 3.05) is 25.3 Å². The van der Waals surface area contributed by atoms with E-state index in [2.05, 4.69) is 5.43 Å². The molecular weight excluding hydrogens is 182 g/mol. The van der Waals surface area contributed by atoms with Gasteiger partial charge in [0.05, 0.1) is 11.3 Å². The SMILES string of the molecule is CN(C)Nc1ccc(N)cc1C(=O)O. The first kappa shape index (κ1) is 10.3. The molecule has 1 aromatic carbocycles. The fraction of sp³-hybridized carbons (Fsp3) is 0.222. The minimum atomic E-state index is -0.998. The Hall–Kier alpha value is -1.75. The Balaban J connectivity index is 3.08. The van der Waals surface area contributed by atoms with Gasteiger partial charge < -0.3 is 16.3 Å². The molecule has 76 valence electrons. The maximum Gasteiger partial charge on any atom is 0.337 e. The zero-order chi connectivity index (χ0) is 10.7. The number of carbonyl (C=O) groups is 1. The third kappa shape index (κ3) is 2.37. The topological polar surface area (TPSA) is 78.6 Å². The number of aromatic carboxylic acids is 1. The third-order valence-electron chi connectivity index (χ3n) is 1.62. The van der Waals surface area contributed by atoms with Gasteiger partial charge in [0.2, 0.25) is 0 Å². The molecule has 0 fully saturated rings. The van der Waals surface area contributed by atoms with Crippen LogP contribution in [0.1, 0.15) is 10.4 Å². The standard InChI is InChI=1S/C9H13N3O2/c1-12(2)11-8-4-3-6(10)5-7(8)9(13)14/h3-5,11H,10H2,1-2H3,(H,13,14). The number of carboxylic acids is 1. The van der Waals surface area contributed by atoms with Crippen LogP contribution in [-0.2, 0) is 0 Å². The summed E-state index contributed by atoms with van der Waals surface area (Å²) in [7, 11) is 3.56. The fourth-order valence-corrected chi connectivity index (χ4v) is 1.08. The van der Waals surface area contributed by atoms with Crippen LogP contribution in [0.15, 0.2) is 18.2 Å². The van der Waals surface area contributed by atoms with Crippen LogP contribution >= 0.6 is 0 Å². The predicted molar refractivity (Wildman–Crippen MR) is 55.1 cm³/mol. The fourth-order valence-electron chi connectivity index (χ4n) is 1.08. The van der Waals surface area contributed by atoms with E-state index in [0.29, 0.717) is 11.4 Å². The van der Waals surface area contributed by atoms with Crippen molar-refractivity contribution in [1.29, 1.82) is 0 Å². The van der Waals surface area contributed by atoms with Gasteiger partial charge in [-0.05, 0) is 18.2 Å². The Morgan fingerprint density at radius 3 is 2.64 bits per heavy atom. The van der Waals surface area contributed by atoms with Crippen LogP contribution in [0.4, 0.5) is 11.4 Å². The molecule has 1 aromatic rings. The van der Waals surface area contributed by atoms with Crippen molar-refractivity contribution in [2.45, 2.75) is 0 Å². The van der Waals surface area contributed by atoms with Gasteiger partial charge in [-0.15, -0.1) is 0 Å². The molecule has 4 N–H and O–H groups in total. The molecule has 5 heteroatoms. The van der Waals surface area contributed by atoms with Gasteiger partial charge in [0.15, 0.2) is 0 Å². The molecule has 5 nitrogen and oxygen atoms in total. The van der Waals surface area contributed by atoms with E-state index in [4.69, 9.17) is 10.8 Å². The third-order valence-corrected chi connectivity index (χ3v) is 1.62. The Bertz CT molecular complexity index is 350. The summed E-state index contributed by atoms with van der Waals surface area (Å²) in [6, 6.07) is 4.71. The minimum Gasteiger partial charge on any atom is -0.478 e. The van der Waals surface area contributed by atoms with E-state index in [0.717, 1.165) is 0 Å². The molecule has 0 amide bonds.